The van der Waals surface area contributed by atoms with Gasteiger partial charge in [-0.1, -0.05) is 12.1 Å². The van der Waals surface area contributed by atoms with Crippen LogP contribution in [0.15, 0.2) is 53.4 Å². The molecule has 0 radical (unpaired) electrons. The van der Waals surface area contributed by atoms with E-state index >= 15 is 0 Å². The topological polar surface area (TPSA) is 121 Å². The number of nitrogens with one attached hydrogen (secondary N) is 3. The van der Waals surface area contributed by atoms with E-state index in [0.717, 1.165) is 18.4 Å². The van der Waals surface area contributed by atoms with Crippen molar-refractivity contribution in [2.75, 3.05) is 17.5 Å². The largest absolute Gasteiger partial charge is 0.350 e. The average Bonchev–Trinajstić information content (AvgIpc) is 2.64. The summed E-state index contributed by atoms with van der Waals surface area (Å²) in [6.07, 6.45) is 1.42. The van der Waals surface area contributed by atoms with Crippen LogP contribution in [-0.2, 0) is 24.8 Å². The predicted octanol–water partition coefficient (Wildman–Crippen LogP) is 2.13. The summed E-state index contributed by atoms with van der Waals surface area (Å²) >= 11 is 0. The lowest BCUT2D eigenvalue weighted by Crippen LogP contribution is -2.29. The molecular formula is C19H24FN3O5S2. The standard InChI is InChI=1S/C19H24FN3O5S2/c1-14(15-5-3-6-17(13-15)23-29(2,25)26)22-19(24)7-4-12-21-30(27,28)18-10-8-16(20)9-11-18/h3,5-6,8-11,13-14,21,23H,4,7,12H2,1-2H3,(H,22,24). The summed E-state index contributed by atoms with van der Waals surface area (Å²) < 4.78 is 64.5. The highest BCUT2D eigenvalue weighted by atomic mass is 32.2. The van der Waals surface area contributed by atoms with Crippen molar-refractivity contribution in [3.05, 3.63) is 59.9 Å². The Morgan fingerprint density at radius 1 is 1.07 bits per heavy atom. The number of amides is 1. The van der Waals surface area contributed by atoms with E-state index in [2.05, 4.69) is 14.8 Å². The molecule has 11 heteroatoms. The Morgan fingerprint density at radius 3 is 2.37 bits per heavy atom. The van der Waals surface area contributed by atoms with Crippen LogP contribution in [0.4, 0.5) is 10.1 Å². The highest BCUT2D eigenvalue weighted by Gasteiger charge is 2.14. The lowest BCUT2D eigenvalue weighted by molar-refractivity contribution is -0.121. The van der Waals surface area contributed by atoms with E-state index in [1.165, 1.54) is 12.1 Å². The first-order chi connectivity index (χ1) is 14.0. The Morgan fingerprint density at radius 2 is 1.73 bits per heavy atom. The van der Waals surface area contributed by atoms with E-state index in [-0.39, 0.29) is 36.2 Å². The van der Waals surface area contributed by atoms with Gasteiger partial charge in [-0.15, -0.1) is 0 Å². The number of carbonyl (C=O) groups is 1. The van der Waals surface area contributed by atoms with Crippen molar-refractivity contribution < 1.29 is 26.0 Å². The van der Waals surface area contributed by atoms with E-state index in [1.807, 2.05) is 0 Å². The first kappa shape index (κ1) is 23.8. The molecule has 1 unspecified atom stereocenters. The van der Waals surface area contributed by atoms with Crippen molar-refractivity contribution in [1.82, 2.24) is 10.0 Å². The average molecular weight is 458 g/mol. The van der Waals surface area contributed by atoms with Gasteiger partial charge in [-0.2, -0.15) is 0 Å². The predicted molar refractivity (Wildman–Crippen MR) is 112 cm³/mol. The number of rotatable bonds is 10. The number of hydrogen-bond acceptors (Lipinski definition) is 5. The van der Waals surface area contributed by atoms with Gasteiger partial charge in [-0.25, -0.2) is 25.9 Å². The van der Waals surface area contributed by atoms with Gasteiger partial charge in [-0.3, -0.25) is 9.52 Å². The number of halogens is 1. The van der Waals surface area contributed by atoms with E-state index < -0.39 is 25.9 Å². The summed E-state index contributed by atoms with van der Waals surface area (Å²) in [6.45, 7) is 1.81. The Hall–Kier alpha value is -2.50. The molecule has 2 aromatic rings. The maximum Gasteiger partial charge on any atom is 0.240 e. The van der Waals surface area contributed by atoms with Crippen LogP contribution in [0.25, 0.3) is 0 Å². The minimum atomic E-state index is -3.77. The minimum absolute atomic E-state index is 0.0509. The van der Waals surface area contributed by atoms with Crippen molar-refractivity contribution in [3.63, 3.8) is 0 Å². The number of benzene rings is 2. The van der Waals surface area contributed by atoms with E-state index in [1.54, 1.807) is 31.2 Å². The molecule has 2 rings (SSSR count). The smallest absolute Gasteiger partial charge is 0.240 e. The highest BCUT2D eigenvalue weighted by molar-refractivity contribution is 7.92. The minimum Gasteiger partial charge on any atom is -0.350 e. The fraction of sp³-hybridized carbons (Fsp3) is 0.316. The quantitative estimate of drug-likeness (QED) is 0.472. The van der Waals surface area contributed by atoms with E-state index in [4.69, 9.17) is 0 Å². The van der Waals surface area contributed by atoms with Gasteiger partial charge in [0.05, 0.1) is 17.2 Å². The molecule has 30 heavy (non-hydrogen) atoms. The number of hydrogen-bond donors (Lipinski definition) is 3. The second-order valence-electron chi connectivity index (χ2n) is 6.74. The number of sulfonamides is 2. The van der Waals surface area contributed by atoms with Crippen LogP contribution in [0.2, 0.25) is 0 Å². The zero-order valence-corrected chi connectivity index (χ0v) is 18.2. The summed E-state index contributed by atoms with van der Waals surface area (Å²) in [7, 11) is -7.17. The van der Waals surface area contributed by atoms with Crippen LogP contribution in [0.1, 0.15) is 31.4 Å². The summed E-state index contributed by atoms with van der Waals surface area (Å²) in [5.41, 5.74) is 1.11. The van der Waals surface area contributed by atoms with Gasteiger partial charge in [0, 0.05) is 18.7 Å². The summed E-state index contributed by atoms with van der Waals surface area (Å²) in [4.78, 5) is 12.1. The van der Waals surface area contributed by atoms with Gasteiger partial charge >= 0.3 is 0 Å². The highest BCUT2D eigenvalue weighted by Crippen LogP contribution is 2.18. The van der Waals surface area contributed by atoms with Gasteiger partial charge in [-0.05, 0) is 55.3 Å². The molecule has 0 bridgehead atoms. The van der Waals surface area contributed by atoms with Crippen molar-refractivity contribution in [1.29, 1.82) is 0 Å². The molecule has 8 nitrogen and oxygen atoms in total. The molecule has 1 atom stereocenters. The molecule has 0 aliphatic heterocycles. The molecule has 0 heterocycles. The Balaban J connectivity index is 1.82. The second-order valence-corrected chi connectivity index (χ2v) is 10.3. The van der Waals surface area contributed by atoms with Crippen molar-refractivity contribution >= 4 is 31.6 Å². The van der Waals surface area contributed by atoms with Crippen LogP contribution < -0.4 is 14.8 Å². The summed E-state index contributed by atoms with van der Waals surface area (Å²) in [6, 6.07) is 10.8. The lowest BCUT2D eigenvalue weighted by atomic mass is 10.1. The first-order valence-electron chi connectivity index (χ1n) is 9.08. The molecular weight excluding hydrogens is 433 g/mol. The first-order valence-corrected chi connectivity index (χ1v) is 12.5. The summed E-state index contributed by atoms with van der Waals surface area (Å²) in [5.74, 6) is -0.803. The van der Waals surface area contributed by atoms with Crippen molar-refractivity contribution in [3.8, 4) is 0 Å². The van der Waals surface area contributed by atoms with Gasteiger partial charge in [0.25, 0.3) is 0 Å². The van der Waals surface area contributed by atoms with Crippen LogP contribution >= 0.6 is 0 Å². The van der Waals surface area contributed by atoms with Gasteiger partial charge in [0.15, 0.2) is 0 Å². The third-order valence-electron chi connectivity index (χ3n) is 4.06. The van der Waals surface area contributed by atoms with E-state index in [9.17, 15) is 26.0 Å². The molecule has 0 aliphatic carbocycles. The van der Waals surface area contributed by atoms with E-state index in [0.29, 0.717) is 11.3 Å². The molecule has 164 valence electrons. The lowest BCUT2D eigenvalue weighted by Gasteiger charge is -2.16. The number of carbonyl (C=O) groups excluding carboxylic acids is 1. The molecule has 0 aliphatic rings. The Labute approximate surface area is 176 Å². The third-order valence-corrected chi connectivity index (χ3v) is 6.15. The molecule has 0 spiro atoms. The fourth-order valence-electron chi connectivity index (χ4n) is 2.64. The second kappa shape index (κ2) is 10.0. The molecule has 3 N–H and O–H groups in total. The summed E-state index contributed by atoms with van der Waals surface area (Å²) in [5, 5.41) is 2.79. The van der Waals surface area contributed by atoms with Gasteiger partial charge in [0.1, 0.15) is 5.82 Å². The number of anilines is 1. The van der Waals surface area contributed by atoms with Crippen LogP contribution in [0.5, 0.6) is 0 Å². The van der Waals surface area contributed by atoms with Crippen molar-refractivity contribution in [2.24, 2.45) is 0 Å². The molecule has 0 saturated carbocycles. The zero-order valence-electron chi connectivity index (χ0n) is 16.6. The van der Waals surface area contributed by atoms with Crippen LogP contribution in [0.3, 0.4) is 0 Å². The molecule has 2 aromatic carbocycles. The monoisotopic (exact) mass is 457 g/mol. The van der Waals surface area contributed by atoms with Crippen molar-refractivity contribution in [2.45, 2.75) is 30.7 Å². The maximum absolute atomic E-state index is 12.9. The molecule has 0 saturated heterocycles. The van der Waals surface area contributed by atoms with Crippen LogP contribution in [-0.4, -0.2) is 35.5 Å². The molecule has 1 amide bonds. The normalized spacial score (nSPS) is 12.9. The maximum atomic E-state index is 12.9. The van der Waals surface area contributed by atoms with Gasteiger partial charge in [0.2, 0.25) is 26.0 Å². The molecule has 0 fully saturated rings. The molecule has 0 aromatic heterocycles. The fourth-order valence-corrected chi connectivity index (χ4v) is 4.26. The zero-order chi connectivity index (χ0) is 22.4. The van der Waals surface area contributed by atoms with Gasteiger partial charge < -0.3 is 5.32 Å². The Kier molecular flexibility index (Phi) is 7.93. The Bertz CT molecular complexity index is 1090. The SMILES string of the molecule is CC(NC(=O)CCCNS(=O)(=O)c1ccc(F)cc1)c1cccc(NS(C)(=O)=O)c1. The third kappa shape index (κ3) is 7.73. The van der Waals surface area contributed by atoms with Crippen LogP contribution in [0, 0.1) is 5.82 Å².